The van der Waals surface area contributed by atoms with Crippen LogP contribution in [-0.4, -0.2) is 29.6 Å². The van der Waals surface area contributed by atoms with Crippen LogP contribution in [0.15, 0.2) is 24.3 Å². The van der Waals surface area contributed by atoms with Crippen LogP contribution in [0.4, 0.5) is 5.00 Å². The van der Waals surface area contributed by atoms with E-state index < -0.39 is 23.8 Å². The number of benzene rings is 1. The maximum absolute atomic E-state index is 13.0. The number of carboxylic acids is 1. The smallest absolute Gasteiger partial charge is 0.341 e. The van der Waals surface area contributed by atoms with E-state index in [1.54, 1.807) is 19.1 Å². The van der Waals surface area contributed by atoms with E-state index in [4.69, 9.17) is 16.3 Å². The van der Waals surface area contributed by atoms with E-state index in [1.807, 2.05) is 19.1 Å². The normalized spacial score (nSPS) is 18.6. The molecule has 1 fully saturated rings. The number of ether oxygens (including phenoxy) is 1. The number of anilines is 1. The molecular weight excluding hydrogens is 426 g/mol. The molecule has 0 aliphatic heterocycles. The van der Waals surface area contributed by atoms with Gasteiger partial charge in [0.2, 0.25) is 5.91 Å². The molecule has 0 unspecified atom stereocenters. The fraction of sp³-hybridized carbons (Fsp3) is 0.409. The molecule has 0 spiro atoms. The first-order chi connectivity index (χ1) is 14.3. The van der Waals surface area contributed by atoms with Crippen LogP contribution in [0.2, 0.25) is 5.02 Å². The van der Waals surface area contributed by atoms with E-state index in [2.05, 4.69) is 5.32 Å². The lowest BCUT2D eigenvalue weighted by molar-refractivity contribution is -0.147. The molecule has 1 aliphatic carbocycles. The Kier molecular flexibility index (Phi) is 7.15. The maximum atomic E-state index is 13.0. The van der Waals surface area contributed by atoms with E-state index in [1.165, 1.54) is 11.3 Å². The number of carboxylic acid groups (broad SMARTS) is 1. The molecule has 2 N–H and O–H groups in total. The second-order valence-electron chi connectivity index (χ2n) is 7.29. The lowest BCUT2D eigenvalue weighted by atomic mass is 9.78. The maximum Gasteiger partial charge on any atom is 0.341 e. The Morgan fingerprint density at radius 3 is 2.40 bits per heavy atom. The number of hydrogen-bond donors (Lipinski definition) is 2. The molecule has 2 atom stereocenters. The molecule has 1 aromatic heterocycles. The van der Waals surface area contributed by atoms with Crippen molar-refractivity contribution in [1.82, 2.24) is 0 Å². The second-order valence-corrected chi connectivity index (χ2v) is 8.95. The Morgan fingerprint density at radius 1 is 1.17 bits per heavy atom. The van der Waals surface area contributed by atoms with Gasteiger partial charge < -0.3 is 15.2 Å². The third-order valence-corrected chi connectivity index (χ3v) is 6.63. The topological polar surface area (TPSA) is 92.7 Å². The highest BCUT2D eigenvalue weighted by Crippen LogP contribution is 2.41. The van der Waals surface area contributed by atoms with Gasteiger partial charge in [-0.15, -0.1) is 11.3 Å². The van der Waals surface area contributed by atoms with Crippen LogP contribution >= 0.6 is 22.9 Å². The molecule has 1 amide bonds. The molecule has 1 aliphatic rings. The van der Waals surface area contributed by atoms with Crippen LogP contribution in [0, 0.1) is 18.8 Å². The number of amides is 1. The predicted octanol–water partition coefficient (Wildman–Crippen LogP) is 5.38. The van der Waals surface area contributed by atoms with E-state index >= 15 is 0 Å². The van der Waals surface area contributed by atoms with Gasteiger partial charge in [-0.2, -0.15) is 0 Å². The molecule has 3 rings (SSSR count). The molecule has 6 nitrogen and oxygen atoms in total. The van der Waals surface area contributed by atoms with Crippen LogP contribution in [-0.2, 0) is 14.3 Å². The van der Waals surface area contributed by atoms with Crippen LogP contribution in [0.3, 0.4) is 0 Å². The molecular formula is C22H24ClNO5S. The summed E-state index contributed by atoms with van der Waals surface area (Å²) in [5.74, 6) is -3.17. The average Bonchev–Trinajstić information content (AvgIpc) is 3.04. The Hall–Kier alpha value is -2.38. The van der Waals surface area contributed by atoms with E-state index in [-0.39, 0.29) is 18.1 Å². The van der Waals surface area contributed by atoms with Crippen molar-refractivity contribution in [2.45, 2.75) is 39.5 Å². The third-order valence-electron chi connectivity index (χ3n) is 5.35. The van der Waals surface area contributed by atoms with Gasteiger partial charge in [0, 0.05) is 15.5 Å². The molecule has 1 heterocycles. The van der Waals surface area contributed by atoms with E-state index in [0.717, 1.165) is 23.3 Å². The lowest BCUT2D eigenvalue weighted by Gasteiger charge is -2.27. The SMILES string of the molecule is CCOC(=O)c1c(NC(=O)[C@H]2CCCC[C@@H]2C(=O)O)sc(C)c1-c1ccc(Cl)cc1. The van der Waals surface area contributed by atoms with Crippen molar-refractivity contribution in [3.05, 3.63) is 39.7 Å². The molecule has 160 valence electrons. The first-order valence-electron chi connectivity index (χ1n) is 9.93. The Morgan fingerprint density at radius 2 is 1.80 bits per heavy atom. The van der Waals surface area contributed by atoms with Crippen molar-refractivity contribution in [3.63, 3.8) is 0 Å². The van der Waals surface area contributed by atoms with Crippen LogP contribution in [0.1, 0.15) is 47.8 Å². The van der Waals surface area contributed by atoms with Crippen molar-refractivity contribution >= 4 is 45.8 Å². The molecule has 1 saturated carbocycles. The van der Waals surface area contributed by atoms with Crippen LogP contribution in [0.25, 0.3) is 11.1 Å². The minimum atomic E-state index is -0.954. The highest BCUT2D eigenvalue weighted by Gasteiger charge is 2.37. The molecule has 1 aromatic carbocycles. The monoisotopic (exact) mass is 449 g/mol. The summed E-state index contributed by atoms with van der Waals surface area (Å²) in [7, 11) is 0. The number of carbonyl (C=O) groups excluding carboxylic acids is 2. The number of halogens is 1. The van der Waals surface area contributed by atoms with Gasteiger partial charge in [-0.3, -0.25) is 9.59 Å². The molecule has 0 radical (unpaired) electrons. The number of rotatable bonds is 6. The van der Waals surface area contributed by atoms with Crippen LogP contribution < -0.4 is 5.32 Å². The lowest BCUT2D eigenvalue weighted by Crippen LogP contribution is -2.36. The molecule has 30 heavy (non-hydrogen) atoms. The van der Waals surface area contributed by atoms with Crippen molar-refractivity contribution < 1.29 is 24.2 Å². The number of nitrogens with one attached hydrogen (secondary N) is 1. The fourth-order valence-corrected chi connectivity index (χ4v) is 5.13. The largest absolute Gasteiger partial charge is 0.481 e. The third kappa shape index (κ3) is 4.68. The van der Waals surface area contributed by atoms with Gasteiger partial charge in [0.15, 0.2) is 0 Å². The summed E-state index contributed by atoms with van der Waals surface area (Å²) in [6.07, 6.45) is 2.61. The highest BCUT2D eigenvalue weighted by molar-refractivity contribution is 7.17. The summed E-state index contributed by atoms with van der Waals surface area (Å²) in [6, 6.07) is 7.10. The average molecular weight is 450 g/mol. The second kappa shape index (κ2) is 9.62. The van der Waals surface area contributed by atoms with Crippen molar-refractivity contribution in [2.24, 2.45) is 11.8 Å². The molecule has 0 saturated heterocycles. The number of aryl methyl sites for hydroxylation is 1. The minimum Gasteiger partial charge on any atom is -0.481 e. The van der Waals surface area contributed by atoms with Gasteiger partial charge in [0.1, 0.15) is 10.6 Å². The summed E-state index contributed by atoms with van der Waals surface area (Å²) in [6.45, 7) is 3.79. The zero-order valence-electron chi connectivity index (χ0n) is 16.9. The first kappa shape index (κ1) is 22.3. The van der Waals surface area contributed by atoms with Gasteiger partial charge >= 0.3 is 11.9 Å². The number of carbonyl (C=O) groups is 3. The number of aliphatic carboxylic acids is 1. The minimum absolute atomic E-state index is 0.199. The van der Waals surface area contributed by atoms with Crippen molar-refractivity contribution in [1.29, 1.82) is 0 Å². The Labute approximate surface area is 184 Å². The van der Waals surface area contributed by atoms with Crippen LogP contribution in [0.5, 0.6) is 0 Å². The fourth-order valence-electron chi connectivity index (χ4n) is 3.94. The van der Waals surface area contributed by atoms with Gasteiger partial charge in [-0.1, -0.05) is 36.6 Å². The summed E-state index contributed by atoms with van der Waals surface area (Å²) >= 11 is 7.28. The van der Waals surface area contributed by atoms with Gasteiger partial charge in [0.05, 0.1) is 18.4 Å². The zero-order chi connectivity index (χ0) is 21.8. The summed E-state index contributed by atoms with van der Waals surface area (Å²) in [5, 5.41) is 13.3. The summed E-state index contributed by atoms with van der Waals surface area (Å²) < 4.78 is 5.25. The first-order valence-corrected chi connectivity index (χ1v) is 11.1. The number of esters is 1. The zero-order valence-corrected chi connectivity index (χ0v) is 18.4. The Bertz CT molecular complexity index is 953. The predicted molar refractivity (Wildman–Crippen MR) is 117 cm³/mol. The summed E-state index contributed by atoms with van der Waals surface area (Å²) in [4.78, 5) is 38.2. The molecule has 8 heteroatoms. The van der Waals surface area contributed by atoms with Gasteiger partial charge in [-0.05, 0) is 44.4 Å². The molecule has 0 bridgehead atoms. The van der Waals surface area contributed by atoms with Crippen molar-refractivity contribution in [3.8, 4) is 11.1 Å². The van der Waals surface area contributed by atoms with E-state index in [9.17, 15) is 19.5 Å². The quantitative estimate of drug-likeness (QED) is 0.577. The highest BCUT2D eigenvalue weighted by atomic mass is 35.5. The van der Waals surface area contributed by atoms with E-state index in [0.29, 0.717) is 28.4 Å². The summed E-state index contributed by atoms with van der Waals surface area (Å²) in [5.41, 5.74) is 1.76. The van der Waals surface area contributed by atoms with Gasteiger partial charge in [-0.25, -0.2) is 4.79 Å². The van der Waals surface area contributed by atoms with Crippen molar-refractivity contribution in [2.75, 3.05) is 11.9 Å². The van der Waals surface area contributed by atoms with Gasteiger partial charge in [0.25, 0.3) is 0 Å². The number of hydrogen-bond acceptors (Lipinski definition) is 5. The number of thiophene rings is 1. The standard InChI is InChI=1S/C22H24ClNO5S/c1-3-29-22(28)18-17(13-8-10-14(23)11-9-13)12(2)30-20(18)24-19(25)15-6-4-5-7-16(15)21(26)27/h8-11,15-16H,3-7H2,1-2H3,(H,24,25)(H,26,27)/t15-,16-/m0/s1. The Balaban J connectivity index is 1.99. The molecule has 2 aromatic rings.